The fourth-order valence-corrected chi connectivity index (χ4v) is 2.08. The highest BCUT2D eigenvalue weighted by Crippen LogP contribution is 2.38. The molecule has 82 valence electrons. The number of nitrogens with zero attached hydrogens (tertiary/aromatic N) is 1. The van der Waals surface area contributed by atoms with Crippen LogP contribution in [0, 0.1) is 0 Å². The van der Waals surface area contributed by atoms with E-state index >= 15 is 0 Å². The first-order chi connectivity index (χ1) is 7.28. The van der Waals surface area contributed by atoms with Gasteiger partial charge in [-0.3, -0.25) is 0 Å². The largest absolute Gasteiger partial charge is 0.481 e. The van der Waals surface area contributed by atoms with Crippen LogP contribution in [0.15, 0.2) is 18.3 Å². The van der Waals surface area contributed by atoms with Crippen LogP contribution in [0.1, 0.15) is 32.6 Å². The molecule has 0 aliphatic heterocycles. The van der Waals surface area contributed by atoms with E-state index in [1.807, 2.05) is 12.1 Å². The van der Waals surface area contributed by atoms with E-state index < -0.39 is 0 Å². The summed E-state index contributed by atoms with van der Waals surface area (Å²) in [4.78, 5) is 4.10. The van der Waals surface area contributed by atoms with Crippen LogP contribution in [0.2, 0.25) is 0 Å². The van der Waals surface area contributed by atoms with Gasteiger partial charge in [-0.2, -0.15) is 0 Å². The monoisotopic (exact) mass is 206 g/mol. The normalized spacial score (nSPS) is 18.0. The van der Waals surface area contributed by atoms with Gasteiger partial charge >= 0.3 is 0 Å². The molecule has 0 saturated heterocycles. The molecule has 15 heavy (non-hydrogen) atoms. The third-order valence-corrected chi connectivity index (χ3v) is 3.34. The molecule has 0 atom stereocenters. The number of anilines is 1. The molecule has 1 aliphatic carbocycles. The highest BCUT2D eigenvalue weighted by Gasteiger charge is 2.34. The summed E-state index contributed by atoms with van der Waals surface area (Å²) in [7, 11) is 1.64. The lowest BCUT2D eigenvalue weighted by Crippen LogP contribution is -2.44. The van der Waals surface area contributed by atoms with Crippen molar-refractivity contribution in [2.24, 2.45) is 0 Å². The zero-order chi connectivity index (χ0) is 10.7. The van der Waals surface area contributed by atoms with Crippen molar-refractivity contribution >= 4 is 5.69 Å². The third kappa shape index (κ3) is 2.06. The number of ether oxygens (including phenoxy) is 1. The summed E-state index contributed by atoms with van der Waals surface area (Å²) in [6.07, 6.45) is 6.84. The molecule has 0 radical (unpaired) electrons. The van der Waals surface area contributed by atoms with Gasteiger partial charge in [-0.25, -0.2) is 4.98 Å². The predicted octanol–water partition coefficient (Wildman–Crippen LogP) is 2.83. The van der Waals surface area contributed by atoms with Crippen molar-refractivity contribution < 1.29 is 4.74 Å². The number of hydrogen-bond acceptors (Lipinski definition) is 3. The molecule has 0 unspecified atom stereocenters. The van der Waals surface area contributed by atoms with Gasteiger partial charge in [0.15, 0.2) is 0 Å². The lowest BCUT2D eigenvalue weighted by atomic mass is 9.75. The fraction of sp³-hybridized carbons (Fsp3) is 0.583. The van der Waals surface area contributed by atoms with Crippen molar-refractivity contribution in [1.82, 2.24) is 4.98 Å². The van der Waals surface area contributed by atoms with Crippen LogP contribution in [0.4, 0.5) is 5.69 Å². The second-order valence-corrected chi connectivity index (χ2v) is 4.20. The Morgan fingerprint density at radius 3 is 2.87 bits per heavy atom. The average molecular weight is 206 g/mol. The molecule has 3 nitrogen and oxygen atoms in total. The van der Waals surface area contributed by atoms with Crippen LogP contribution in [-0.4, -0.2) is 17.6 Å². The minimum Gasteiger partial charge on any atom is -0.481 e. The second kappa shape index (κ2) is 4.09. The summed E-state index contributed by atoms with van der Waals surface area (Å²) < 4.78 is 5.10. The standard InChI is InChI=1S/C12H18N2O/c1-3-12(6-4-7-12)14-10-5-8-13-11(9-10)15-2/h5,8-9H,3-4,6-7H2,1-2H3,(H,13,14). The Labute approximate surface area is 90.9 Å². The van der Waals surface area contributed by atoms with Gasteiger partial charge in [0.25, 0.3) is 0 Å². The maximum atomic E-state index is 5.10. The summed E-state index contributed by atoms with van der Waals surface area (Å²) in [5, 5.41) is 3.60. The van der Waals surface area contributed by atoms with Crippen LogP contribution in [-0.2, 0) is 0 Å². The van der Waals surface area contributed by atoms with E-state index in [2.05, 4.69) is 17.2 Å². The van der Waals surface area contributed by atoms with Gasteiger partial charge < -0.3 is 10.1 Å². The van der Waals surface area contributed by atoms with Gasteiger partial charge in [0.05, 0.1) is 7.11 Å². The summed E-state index contributed by atoms with van der Waals surface area (Å²) in [6.45, 7) is 2.24. The number of pyridine rings is 1. The average Bonchev–Trinajstić information content (AvgIpc) is 2.24. The zero-order valence-electron chi connectivity index (χ0n) is 9.42. The first-order valence-electron chi connectivity index (χ1n) is 5.56. The van der Waals surface area contributed by atoms with E-state index in [-0.39, 0.29) is 0 Å². The molecule has 1 saturated carbocycles. The summed E-state index contributed by atoms with van der Waals surface area (Å²) in [5.41, 5.74) is 1.44. The smallest absolute Gasteiger partial charge is 0.214 e. The Morgan fingerprint density at radius 1 is 1.53 bits per heavy atom. The molecule has 2 rings (SSSR count). The van der Waals surface area contributed by atoms with Gasteiger partial charge in [-0.05, 0) is 31.7 Å². The molecule has 1 heterocycles. The van der Waals surface area contributed by atoms with E-state index in [9.17, 15) is 0 Å². The van der Waals surface area contributed by atoms with Crippen molar-refractivity contribution in [3.8, 4) is 5.88 Å². The third-order valence-electron chi connectivity index (χ3n) is 3.34. The van der Waals surface area contributed by atoms with Crippen molar-refractivity contribution in [3.05, 3.63) is 18.3 Å². The van der Waals surface area contributed by atoms with E-state index in [4.69, 9.17) is 4.74 Å². The topological polar surface area (TPSA) is 34.2 Å². The Hall–Kier alpha value is -1.25. The number of methoxy groups -OCH3 is 1. The maximum Gasteiger partial charge on any atom is 0.214 e. The maximum absolute atomic E-state index is 5.10. The van der Waals surface area contributed by atoms with Crippen molar-refractivity contribution in [3.63, 3.8) is 0 Å². The molecule has 1 aromatic heterocycles. The highest BCUT2D eigenvalue weighted by molar-refractivity contribution is 5.47. The molecule has 1 aromatic rings. The van der Waals surface area contributed by atoms with E-state index in [1.165, 1.54) is 25.7 Å². The van der Waals surface area contributed by atoms with Crippen LogP contribution >= 0.6 is 0 Å². The Kier molecular flexibility index (Phi) is 2.80. The van der Waals surface area contributed by atoms with Crippen molar-refractivity contribution in [2.75, 3.05) is 12.4 Å². The number of rotatable bonds is 4. The molecule has 3 heteroatoms. The van der Waals surface area contributed by atoms with E-state index in [0.29, 0.717) is 11.4 Å². The van der Waals surface area contributed by atoms with Crippen LogP contribution in [0.5, 0.6) is 5.88 Å². The molecule has 1 fully saturated rings. The molecular formula is C12H18N2O. The molecular weight excluding hydrogens is 188 g/mol. The lowest BCUT2D eigenvalue weighted by Gasteiger charge is -2.42. The van der Waals surface area contributed by atoms with E-state index in [0.717, 1.165) is 5.69 Å². The molecule has 0 spiro atoms. The Balaban J connectivity index is 2.09. The van der Waals surface area contributed by atoms with Gasteiger partial charge in [-0.15, -0.1) is 0 Å². The fourth-order valence-electron chi connectivity index (χ4n) is 2.08. The van der Waals surface area contributed by atoms with Crippen LogP contribution < -0.4 is 10.1 Å². The number of aromatic nitrogens is 1. The summed E-state index contributed by atoms with van der Waals surface area (Å²) in [5.74, 6) is 0.672. The number of hydrogen-bond donors (Lipinski definition) is 1. The first-order valence-corrected chi connectivity index (χ1v) is 5.56. The van der Waals surface area contributed by atoms with Crippen LogP contribution in [0.25, 0.3) is 0 Å². The first kappa shape index (κ1) is 10.3. The molecule has 0 amide bonds. The summed E-state index contributed by atoms with van der Waals surface area (Å²) in [6, 6.07) is 3.95. The van der Waals surface area contributed by atoms with Gasteiger partial charge in [0.2, 0.25) is 5.88 Å². The lowest BCUT2D eigenvalue weighted by molar-refractivity contribution is 0.269. The molecule has 1 N–H and O–H groups in total. The zero-order valence-corrected chi connectivity index (χ0v) is 9.42. The highest BCUT2D eigenvalue weighted by atomic mass is 16.5. The SMILES string of the molecule is CCC1(Nc2ccnc(OC)c2)CCC1. The van der Waals surface area contributed by atoms with Crippen LogP contribution in [0.3, 0.4) is 0 Å². The molecule has 1 aliphatic rings. The van der Waals surface area contributed by atoms with Gasteiger partial charge in [-0.1, -0.05) is 6.92 Å². The van der Waals surface area contributed by atoms with Crippen molar-refractivity contribution in [2.45, 2.75) is 38.1 Å². The predicted molar refractivity (Wildman–Crippen MR) is 61.3 cm³/mol. The summed E-state index contributed by atoms with van der Waals surface area (Å²) >= 11 is 0. The minimum atomic E-state index is 0.326. The Morgan fingerprint density at radius 2 is 2.33 bits per heavy atom. The minimum absolute atomic E-state index is 0.326. The Bertz CT molecular complexity index is 329. The second-order valence-electron chi connectivity index (χ2n) is 4.20. The number of nitrogens with one attached hydrogen (secondary N) is 1. The quantitative estimate of drug-likeness (QED) is 0.822. The van der Waals surface area contributed by atoms with Gasteiger partial charge in [0, 0.05) is 23.5 Å². The van der Waals surface area contributed by atoms with Gasteiger partial charge in [0.1, 0.15) is 0 Å². The van der Waals surface area contributed by atoms with Crippen molar-refractivity contribution in [1.29, 1.82) is 0 Å². The molecule has 0 bridgehead atoms. The van der Waals surface area contributed by atoms with E-state index in [1.54, 1.807) is 13.3 Å². The molecule has 0 aromatic carbocycles.